The second-order valence-electron chi connectivity index (χ2n) is 10.6. The number of carbonyl (C=O) groups excluding carboxylic acids is 2. The highest BCUT2D eigenvalue weighted by Gasteiger charge is 2.35. The van der Waals surface area contributed by atoms with Gasteiger partial charge in [0.25, 0.3) is 11.8 Å². The lowest BCUT2D eigenvalue weighted by Crippen LogP contribution is -2.45. The van der Waals surface area contributed by atoms with E-state index in [4.69, 9.17) is 9.73 Å². The first-order chi connectivity index (χ1) is 19.7. The van der Waals surface area contributed by atoms with Crippen molar-refractivity contribution >= 4 is 17.5 Å². The van der Waals surface area contributed by atoms with Gasteiger partial charge in [0, 0.05) is 31.3 Å². The highest BCUT2D eigenvalue weighted by Crippen LogP contribution is 2.37. The minimum atomic E-state index is -0.369. The predicted octanol–water partition coefficient (Wildman–Crippen LogP) is 4.04. The number of rotatable bonds is 5. The molecule has 3 heterocycles. The van der Waals surface area contributed by atoms with Gasteiger partial charge in [-0.15, -0.1) is 0 Å². The Morgan fingerprint density at radius 2 is 1.54 bits per heavy atom. The number of amides is 2. The number of phenolic OH excluding ortho intramolecular Hbond substituents is 1. The zero-order chi connectivity index (χ0) is 29.0. The van der Waals surface area contributed by atoms with E-state index in [0.29, 0.717) is 41.0 Å². The fourth-order valence-corrected chi connectivity index (χ4v) is 5.92. The zero-order valence-electron chi connectivity index (χ0n) is 23.4. The number of hydrogen-bond acceptors (Lipinski definition) is 6. The fourth-order valence-electron chi connectivity index (χ4n) is 5.92. The number of aryl methyl sites for hydroxylation is 4. The first kappa shape index (κ1) is 26.3. The first-order valence-electron chi connectivity index (χ1n) is 13.5. The Bertz CT molecular complexity index is 1840. The van der Waals surface area contributed by atoms with Crippen molar-refractivity contribution in [1.82, 2.24) is 14.0 Å². The Kier molecular flexibility index (Phi) is 6.37. The standard InChI is InChI=1S/C32H30N4O5/c1-18-13-19(2)29(20(3)14-18)33-28-17-25-24-16-26(37)27(41-4)15-21(24)9-10-34(25)32(40)35(28)11-12-36-30(38)22-7-5-6-8-23(22)31(36)39/h5-8,13-17,37H,9-12H2,1-4H3. The Morgan fingerprint density at radius 3 is 2.17 bits per heavy atom. The van der Waals surface area contributed by atoms with Gasteiger partial charge in [-0.05, 0) is 68.1 Å². The van der Waals surface area contributed by atoms with Gasteiger partial charge in [0.2, 0.25) is 0 Å². The summed E-state index contributed by atoms with van der Waals surface area (Å²) >= 11 is 0. The van der Waals surface area contributed by atoms with Crippen LogP contribution in [0.3, 0.4) is 0 Å². The Labute approximate surface area is 236 Å². The molecule has 0 aliphatic carbocycles. The van der Waals surface area contributed by atoms with Crippen molar-refractivity contribution in [2.45, 2.75) is 40.3 Å². The SMILES string of the molecule is COc1cc2c(cc1O)-c1cc(=Nc3c(C)cc(C)cc3C)n(CCN3C(=O)c4ccccc4C3=O)c(=O)n1CC2. The molecule has 2 aliphatic heterocycles. The molecule has 1 aromatic heterocycles. The molecule has 2 aliphatic rings. The van der Waals surface area contributed by atoms with E-state index in [-0.39, 0.29) is 36.3 Å². The normalized spacial score (nSPS) is 14.2. The number of ether oxygens (including phenoxy) is 1. The van der Waals surface area contributed by atoms with E-state index in [9.17, 15) is 19.5 Å². The number of aromatic nitrogens is 2. The van der Waals surface area contributed by atoms with Crippen molar-refractivity contribution in [2.24, 2.45) is 4.99 Å². The maximum atomic E-state index is 14.0. The molecule has 0 saturated heterocycles. The lowest BCUT2D eigenvalue weighted by Gasteiger charge is -2.24. The van der Waals surface area contributed by atoms with Crippen LogP contribution in [0.4, 0.5) is 5.69 Å². The van der Waals surface area contributed by atoms with E-state index >= 15 is 0 Å². The minimum absolute atomic E-state index is 0.0155. The van der Waals surface area contributed by atoms with Crippen LogP contribution in [0.15, 0.2) is 64.4 Å². The summed E-state index contributed by atoms with van der Waals surface area (Å²) in [6.45, 7) is 6.50. The average molecular weight is 551 g/mol. The van der Waals surface area contributed by atoms with Crippen LogP contribution in [0.1, 0.15) is 43.0 Å². The molecule has 41 heavy (non-hydrogen) atoms. The molecule has 0 radical (unpaired) electrons. The summed E-state index contributed by atoms with van der Waals surface area (Å²) in [4.78, 5) is 46.2. The van der Waals surface area contributed by atoms with E-state index in [0.717, 1.165) is 33.5 Å². The number of hydrogen-bond donors (Lipinski definition) is 1. The van der Waals surface area contributed by atoms with Crippen molar-refractivity contribution < 1.29 is 19.4 Å². The van der Waals surface area contributed by atoms with E-state index in [2.05, 4.69) is 0 Å². The molecule has 0 fully saturated rings. The second kappa shape index (κ2) is 9.92. The van der Waals surface area contributed by atoms with Gasteiger partial charge in [0.15, 0.2) is 11.5 Å². The van der Waals surface area contributed by atoms with Crippen molar-refractivity contribution in [3.8, 4) is 22.8 Å². The number of benzene rings is 3. The first-order valence-corrected chi connectivity index (χ1v) is 13.5. The van der Waals surface area contributed by atoms with Crippen LogP contribution >= 0.6 is 0 Å². The van der Waals surface area contributed by atoms with Crippen LogP contribution in [0.5, 0.6) is 11.5 Å². The van der Waals surface area contributed by atoms with Crippen LogP contribution in [-0.4, -0.2) is 44.6 Å². The Hall–Kier alpha value is -4.92. The molecule has 9 nitrogen and oxygen atoms in total. The number of carbonyl (C=O) groups is 2. The molecule has 6 rings (SSSR count). The summed E-state index contributed by atoms with van der Waals surface area (Å²) in [6, 6.07) is 16.1. The van der Waals surface area contributed by atoms with Crippen LogP contribution in [0.2, 0.25) is 0 Å². The lowest BCUT2D eigenvalue weighted by molar-refractivity contribution is 0.0647. The quantitative estimate of drug-likeness (QED) is 0.378. The van der Waals surface area contributed by atoms with Gasteiger partial charge in [-0.1, -0.05) is 29.8 Å². The summed E-state index contributed by atoms with van der Waals surface area (Å²) in [7, 11) is 1.50. The summed E-state index contributed by atoms with van der Waals surface area (Å²) in [5.41, 5.74) is 6.95. The number of aromatic hydroxyl groups is 1. The van der Waals surface area contributed by atoms with Crippen LogP contribution in [-0.2, 0) is 19.5 Å². The van der Waals surface area contributed by atoms with Crippen LogP contribution in [0, 0.1) is 20.8 Å². The second-order valence-corrected chi connectivity index (χ2v) is 10.6. The Morgan fingerprint density at radius 1 is 0.878 bits per heavy atom. The fraction of sp³-hybridized carbons (Fsp3) is 0.250. The maximum absolute atomic E-state index is 14.0. The van der Waals surface area contributed by atoms with Gasteiger partial charge >= 0.3 is 5.69 Å². The smallest absolute Gasteiger partial charge is 0.330 e. The molecule has 0 spiro atoms. The number of nitrogens with zero attached hydrogens (tertiary/aromatic N) is 4. The highest BCUT2D eigenvalue weighted by atomic mass is 16.5. The summed E-state index contributed by atoms with van der Waals surface area (Å²) < 4.78 is 8.49. The van der Waals surface area contributed by atoms with Gasteiger partial charge in [-0.3, -0.25) is 23.6 Å². The topological polar surface area (TPSA) is 106 Å². The lowest BCUT2D eigenvalue weighted by atomic mass is 9.97. The number of phenols is 1. The molecule has 3 aromatic carbocycles. The van der Waals surface area contributed by atoms with Crippen LogP contribution in [0.25, 0.3) is 11.3 Å². The average Bonchev–Trinajstić information content (AvgIpc) is 3.19. The van der Waals surface area contributed by atoms with Crippen molar-refractivity contribution in [3.63, 3.8) is 0 Å². The molecule has 0 bridgehead atoms. The monoisotopic (exact) mass is 550 g/mol. The summed E-state index contributed by atoms with van der Waals surface area (Å²) in [6.07, 6.45) is 0.573. The zero-order valence-corrected chi connectivity index (χ0v) is 23.4. The molecule has 2 amide bonds. The Balaban J connectivity index is 1.51. The van der Waals surface area contributed by atoms with E-state index in [1.807, 2.05) is 39.0 Å². The van der Waals surface area contributed by atoms with Crippen molar-refractivity contribution in [1.29, 1.82) is 0 Å². The van der Waals surface area contributed by atoms with E-state index in [1.165, 1.54) is 16.6 Å². The van der Waals surface area contributed by atoms with Gasteiger partial charge in [0.1, 0.15) is 5.49 Å². The molecule has 0 unspecified atom stereocenters. The van der Waals surface area contributed by atoms with Crippen molar-refractivity contribution in [2.75, 3.05) is 13.7 Å². The summed E-state index contributed by atoms with van der Waals surface area (Å²) in [5, 5.41) is 10.5. The molecule has 9 heteroatoms. The van der Waals surface area contributed by atoms with Crippen LogP contribution < -0.4 is 15.9 Å². The maximum Gasteiger partial charge on any atom is 0.330 e. The number of fused-ring (bicyclic) bond motifs is 4. The van der Waals surface area contributed by atoms with Crippen molar-refractivity contribution in [3.05, 3.63) is 104 Å². The third-order valence-electron chi connectivity index (χ3n) is 7.87. The van der Waals surface area contributed by atoms with Gasteiger partial charge in [0.05, 0.1) is 29.6 Å². The molecule has 4 aromatic rings. The molecule has 1 N–H and O–H groups in total. The highest BCUT2D eigenvalue weighted by molar-refractivity contribution is 6.21. The predicted molar refractivity (Wildman–Crippen MR) is 154 cm³/mol. The molecule has 0 atom stereocenters. The largest absolute Gasteiger partial charge is 0.504 e. The van der Waals surface area contributed by atoms with E-state index < -0.39 is 0 Å². The molecular weight excluding hydrogens is 520 g/mol. The minimum Gasteiger partial charge on any atom is -0.504 e. The van der Waals surface area contributed by atoms with E-state index in [1.54, 1.807) is 41.0 Å². The third-order valence-corrected chi connectivity index (χ3v) is 7.87. The molecule has 0 saturated carbocycles. The molecule has 208 valence electrons. The number of methoxy groups -OCH3 is 1. The number of imide groups is 1. The third kappa shape index (κ3) is 4.34. The molecular formula is C32H30N4O5. The van der Waals surface area contributed by atoms with Gasteiger partial charge in [-0.25, -0.2) is 9.79 Å². The van der Waals surface area contributed by atoms with Gasteiger partial charge < -0.3 is 9.84 Å². The van der Waals surface area contributed by atoms with Gasteiger partial charge in [-0.2, -0.15) is 0 Å². The summed E-state index contributed by atoms with van der Waals surface area (Å²) in [5.74, 6) is -0.377.